The summed E-state index contributed by atoms with van der Waals surface area (Å²) < 4.78 is 5.05. The van der Waals surface area contributed by atoms with E-state index in [1.165, 1.54) is 6.33 Å². The number of H-pyrrole nitrogens is 1. The summed E-state index contributed by atoms with van der Waals surface area (Å²) in [7, 11) is 0. The highest BCUT2D eigenvalue weighted by Gasteiger charge is 2.15. The summed E-state index contributed by atoms with van der Waals surface area (Å²) in [4.78, 5) is 17.3. The lowest BCUT2D eigenvalue weighted by molar-refractivity contribution is 0.344. The standard InChI is InChI=1S/C6H6N2O2/c9-5-4-1-2-10-6(4)8-3-7-5/h3H,1-2H2,(H,7,8,9). The molecule has 4 nitrogen and oxygen atoms in total. The molecule has 0 amide bonds. The van der Waals surface area contributed by atoms with Gasteiger partial charge in [0.25, 0.3) is 5.56 Å². The molecule has 1 aromatic heterocycles. The maximum atomic E-state index is 10.9. The van der Waals surface area contributed by atoms with E-state index in [4.69, 9.17) is 4.74 Å². The topological polar surface area (TPSA) is 55.0 Å². The van der Waals surface area contributed by atoms with E-state index in [1.807, 2.05) is 0 Å². The maximum absolute atomic E-state index is 10.9. The summed E-state index contributed by atoms with van der Waals surface area (Å²) in [5.41, 5.74) is 0.588. The molecule has 1 aliphatic heterocycles. The monoisotopic (exact) mass is 138 g/mol. The van der Waals surface area contributed by atoms with Gasteiger partial charge in [0.15, 0.2) is 0 Å². The van der Waals surface area contributed by atoms with Gasteiger partial charge in [-0.3, -0.25) is 4.79 Å². The summed E-state index contributed by atoms with van der Waals surface area (Å²) >= 11 is 0. The van der Waals surface area contributed by atoms with Gasteiger partial charge < -0.3 is 9.72 Å². The van der Waals surface area contributed by atoms with E-state index in [9.17, 15) is 4.79 Å². The molecule has 4 heteroatoms. The third kappa shape index (κ3) is 0.618. The smallest absolute Gasteiger partial charge is 0.257 e. The highest BCUT2D eigenvalue weighted by molar-refractivity contribution is 5.25. The number of ether oxygens (including phenoxy) is 1. The molecule has 0 spiro atoms. The van der Waals surface area contributed by atoms with Crippen LogP contribution in [0.15, 0.2) is 11.1 Å². The van der Waals surface area contributed by atoms with E-state index in [-0.39, 0.29) is 5.56 Å². The highest BCUT2D eigenvalue weighted by Crippen LogP contribution is 2.15. The number of aromatic nitrogens is 2. The molecule has 2 heterocycles. The number of aromatic amines is 1. The van der Waals surface area contributed by atoms with Gasteiger partial charge in [0.05, 0.1) is 18.5 Å². The molecule has 0 saturated carbocycles. The van der Waals surface area contributed by atoms with Crippen LogP contribution in [0.1, 0.15) is 5.56 Å². The minimum absolute atomic E-state index is 0.0810. The second kappa shape index (κ2) is 1.83. The number of hydrogen-bond donors (Lipinski definition) is 1. The molecule has 0 aromatic carbocycles. The van der Waals surface area contributed by atoms with Gasteiger partial charge in [0, 0.05) is 6.42 Å². The molecule has 1 aromatic rings. The number of hydrogen-bond acceptors (Lipinski definition) is 3. The number of nitrogens with zero attached hydrogens (tertiary/aromatic N) is 1. The van der Waals surface area contributed by atoms with Gasteiger partial charge in [-0.05, 0) is 0 Å². The zero-order valence-electron chi connectivity index (χ0n) is 5.26. The van der Waals surface area contributed by atoms with Crippen molar-refractivity contribution in [3.63, 3.8) is 0 Å². The third-order valence-corrected chi connectivity index (χ3v) is 1.50. The molecule has 0 unspecified atom stereocenters. The minimum atomic E-state index is -0.0810. The van der Waals surface area contributed by atoms with E-state index in [2.05, 4.69) is 9.97 Å². The minimum Gasteiger partial charge on any atom is -0.477 e. The molecule has 0 fully saturated rings. The van der Waals surface area contributed by atoms with E-state index in [0.717, 1.165) is 0 Å². The lowest BCUT2D eigenvalue weighted by atomic mass is 10.3. The van der Waals surface area contributed by atoms with Crippen molar-refractivity contribution in [2.75, 3.05) is 6.61 Å². The number of nitrogens with one attached hydrogen (secondary N) is 1. The third-order valence-electron chi connectivity index (χ3n) is 1.50. The van der Waals surface area contributed by atoms with Crippen molar-refractivity contribution in [1.29, 1.82) is 0 Å². The first-order valence-corrected chi connectivity index (χ1v) is 3.07. The largest absolute Gasteiger partial charge is 0.477 e. The van der Waals surface area contributed by atoms with Crippen LogP contribution in [0.4, 0.5) is 0 Å². The Morgan fingerprint density at radius 3 is 3.40 bits per heavy atom. The lowest BCUT2D eigenvalue weighted by Gasteiger charge is -1.92. The van der Waals surface area contributed by atoms with Gasteiger partial charge in [-0.2, -0.15) is 0 Å². The second-order valence-electron chi connectivity index (χ2n) is 2.11. The molecule has 0 atom stereocenters. The fraction of sp³-hybridized carbons (Fsp3) is 0.333. The summed E-state index contributed by atoms with van der Waals surface area (Å²) in [6.07, 6.45) is 2.03. The summed E-state index contributed by atoms with van der Waals surface area (Å²) in [6, 6.07) is 0. The summed E-state index contributed by atoms with van der Waals surface area (Å²) in [5.74, 6) is 0.490. The van der Waals surface area contributed by atoms with E-state index in [1.54, 1.807) is 0 Å². The number of rotatable bonds is 0. The van der Waals surface area contributed by atoms with Crippen molar-refractivity contribution >= 4 is 0 Å². The van der Waals surface area contributed by atoms with Crippen LogP contribution in [0, 0.1) is 0 Å². The van der Waals surface area contributed by atoms with Crippen molar-refractivity contribution in [2.24, 2.45) is 0 Å². The van der Waals surface area contributed by atoms with Crippen molar-refractivity contribution < 1.29 is 4.74 Å². The van der Waals surface area contributed by atoms with E-state index < -0.39 is 0 Å². The Hall–Kier alpha value is -1.32. The Morgan fingerprint density at radius 2 is 2.60 bits per heavy atom. The van der Waals surface area contributed by atoms with Crippen LogP contribution in [0.3, 0.4) is 0 Å². The first kappa shape index (κ1) is 5.46. The zero-order chi connectivity index (χ0) is 6.97. The van der Waals surface area contributed by atoms with Gasteiger partial charge in [0.1, 0.15) is 0 Å². The Morgan fingerprint density at radius 1 is 1.70 bits per heavy atom. The Labute approximate surface area is 56.9 Å². The van der Waals surface area contributed by atoms with Gasteiger partial charge >= 0.3 is 0 Å². The molecular formula is C6H6N2O2. The highest BCUT2D eigenvalue weighted by atomic mass is 16.5. The average molecular weight is 138 g/mol. The molecule has 1 N–H and O–H groups in total. The Balaban J connectivity index is 2.70. The predicted octanol–water partition coefficient (Wildman–Crippen LogP) is -0.295. The van der Waals surface area contributed by atoms with Crippen LogP contribution in [0.2, 0.25) is 0 Å². The SMILES string of the molecule is O=c1[nH]cnc2c1CCO2. The Kier molecular flexibility index (Phi) is 1.00. The van der Waals surface area contributed by atoms with Gasteiger partial charge in [0.2, 0.25) is 5.88 Å². The van der Waals surface area contributed by atoms with E-state index >= 15 is 0 Å². The quantitative estimate of drug-likeness (QED) is 0.535. The van der Waals surface area contributed by atoms with Crippen molar-refractivity contribution in [2.45, 2.75) is 6.42 Å². The first-order chi connectivity index (χ1) is 4.88. The normalized spacial score (nSPS) is 14.4. The van der Waals surface area contributed by atoms with Crippen LogP contribution >= 0.6 is 0 Å². The van der Waals surface area contributed by atoms with Gasteiger partial charge in [-0.25, -0.2) is 4.98 Å². The molecule has 2 rings (SSSR count). The average Bonchev–Trinajstić information content (AvgIpc) is 2.36. The van der Waals surface area contributed by atoms with Crippen LogP contribution < -0.4 is 10.3 Å². The zero-order valence-corrected chi connectivity index (χ0v) is 5.26. The summed E-state index contributed by atoms with van der Waals surface area (Å²) in [5, 5.41) is 0. The Bertz CT molecular complexity index is 305. The van der Waals surface area contributed by atoms with Crippen molar-refractivity contribution in [1.82, 2.24) is 9.97 Å². The molecule has 52 valence electrons. The van der Waals surface area contributed by atoms with E-state index in [0.29, 0.717) is 24.5 Å². The van der Waals surface area contributed by atoms with Crippen LogP contribution in [-0.2, 0) is 6.42 Å². The lowest BCUT2D eigenvalue weighted by Crippen LogP contribution is -2.09. The van der Waals surface area contributed by atoms with Gasteiger partial charge in [-0.15, -0.1) is 0 Å². The predicted molar refractivity (Wildman–Crippen MR) is 34.1 cm³/mol. The van der Waals surface area contributed by atoms with Crippen LogP contribution in [0.25, 0.3) is 0 Å². The maximum Gasteiger partial charge on any atom is 0.257 e. The van der Waals surface area contributed by atoms with Gasteiger partial charge in [-0.1, -0.05) is 0 Å². The summed E-state index contributed by atoms with van der Waals surface area (Å²) in [6.45, 7) is 0.579. The van der Waals surface area contributed by atoms with Crippen molar-refractivity contribution in [3.05, 3.63) is 22.2 Å². The van der Waals surface area contributed by atoms with Crippen LogP contribution in [0.5, 0.6) is 5.88 Å². The molecule has 10 heavy (non-hydrogen) atoms. The second-order valence-corrected chi connectivity index (χ2v) is 2.11. The molecule has 0 aliphatic carbocycles. The fourth-order valence-corrected chi connectivity index (χ4v) is 1.01. The first-order valence-electron chi connectivity index (χ1n) is 3.07. The molecule has 0 bridgehead atoms. The molecule has 0 radical (unpaired) electrons. The molecule has 0 saturated heterocycles. The van der Waals surface area contributed by atoms with Crippen LogP contribution in [-0.4, -0.2) is 16.6 Å². The fourth-order valence-electron chi connectivity index (χ4n) is 1.01. The number of fused-ring (bicyclic) bond motifs is 1. The van der Waals surface area contributed by atoms with Crippen molar-refractivity contribution in [3.8, 4) is 5.88 Å². The molecular weight excluding hydrogens is 132 g/mol. The molecule has 1 aliphatic rings.